The molecule has 0 atom stereocenters. The Morgan fingerprint density at radius 1 is 1.20 bits per heavy atom. The van der Waals surface area contributed by atoms with E-state index in [0.717, 1.165) is 0 Å². The van der Waals surface area contributed by atoms with E-state index in [-0.39, 0.29) is 5.91 Å². The van der Waals surface area contributed by atoms with E-state index in [9.17, 15) is 4.79 Å². The Kier molecular flexibility index (Phi) is 4.37. The van der Waals surface area contributed by atoms with Crippen molar-refractivity contribution in [3.8, 4) is 5.75 Å². The Bertz CT molecular complexity index is 660. The van der Waals surface area contributed by atoms with Crippen molar-refractivity contribution in [2.75, 3.05) is 18.2 Å². The number of halogens is 2. The molecule has 104 valence electrons. The lowest BCUT2D eigenvalue weighted by atomic mass is 10.1. The van der Waals surface area contributed by atoms with Crippen molar-refractivity contribution in [1.82, 2.24) is 0 Å². The molecule has 6 heteroatoms. The van der Waals surface area contributed by atoms with E-state index >= 15 is 0 Å². The quantitative estimate of drug-likeness (QED) is 0.847. The van der Waals surface area contributed by atoms with Gasteiger partial charge in [0.1, 0.15) is 5.75 Å². The van der Waals surface area contributed by atoms with Crippen LogP contribution in [-0.2, 0) is 0 Å². The third-order valence-electron chi connectivity index (χ3n) is 2.68. The summed E-state index contributed by atoms with van der Waals surface area (Å²) in [6.45, 7) is 0. The first kappa shape index (κ1) is 14.5. The summed E-state index contributed by atoms with van der Waals surface area (Å²) in [6, 6.07) is 9.64. The highest BCUT2D eigenvalue weighted by atomic mass is 35.5. The van der Waals surface area contributed by atoms with Crippen LogP contribution >= 0.6 is 23.2 Å². The van der Waals surface area contributed by atoms with Gasteiger partial charge in [-0.3, -0.25) is 4.79 Å². The maximum Gasteiger partial charge on any atom is 0.257 e. The Labute approximate surface area is 126 Å². The molecule has 0 spiro atoms. The molecule has 2 rings (SSSR count). The molecule has 2 aromatic rings. The van der Waals surface area contributed by atoms with Gasteiger partial charge in [-0.2, -0.15) is 0 Å². The number of carbonyl (C=O) groups is 1. The number of nitrogens with one attached hydrogen (secondary N) is 1. The smallest absolute Gasteiger partial charge is 0.257 e. The van der Waals surface area contributed by atoms with Gasteiger partial charge in [0.2, 0.25) is 0 Å². The van der Waals surface area contributed by atoms with Gasteiger partial charge in [0.05, 0.1) is 23.4 Å². The summed E-state index contributed by atoms with van der Waals surface area (Å²) in [4.78, 5) is 12.2. The predicted octanol–water partition coefficient (Wildman–Crippen LogP) is 3.84. The zero-order valence-corrected chi connectivity index (χ0v) is 12.1. The Balaban J connectivity index is 2.26. The summed E-state index contributed by atoms with van der Waals surface area (Å²) in [6.07, 6.45) is 0. The summed E-state index contributed by atoms with van der Waals surface area (Å²) < 4.78 is 5.03. The number of methoxy groups -OCH3 is 1. The van der Waals surface area contributed by atoms with Crippen LogP contribution in [0.3, 0.4) is 0 Å². The summed E-state index contributed by atoms with van der Waals surface area (Å²) in [5.41, 5.74) is 6.90. The van der Waals surface area contributed by atoms with Crippen LogP contribution in [0.1, 0.15) is 10.4 Å². The van der Waals surface area contributed by atoms with Gasteiger partial charge >= 0.3 is 0 Å². The summed E-state index contributed by atoms with van der Waals surface area (Å²) in [5, 5.41) is 3.55. The van der Waals surface area contributed by atoms with Crippen molar-refractivity contribution in [3.63, 3.8) is 0 Å². The standard InChI is InChI=1S/C14H12Cl2N2O2/c1-20-9-3-4-10(12(17)7-9)14(19)18-13-6-8(15)2-5-11(13)16/h2-7H,17H2,1H3,(H,18,19). The van der Waals surface area contributed by atoms with Crippen LogP contribution in [-0.4, -0.2) is 13.0 Å². The fourth-order valence-corrected chi connectivity index (χ4v) is 1.99. The number of hydrogen-bond acceptors (Lipinski definition) is 3. The zero-order valence-electron chi connectivity index (χ0n) is 10.6. The number of nitrogen functional groups attached to an aromatic ring is 1. The largest absolute Gasteiger partial charge is 0.497 e. The minimum atomic E-state index is -0.366. The van der Waals surface area contributed by atoms with Gasteiger partial charge in [0.15, 0.2) is 0 Å². The van der Waals surface area contributed by atoms with Gasteiger partial charge in [-0.15, -0.1) is 0 Å². The number of ether oxygens (including phenoxy) is 1. The maximum atomic E-state index is 12.2. The number of amides is 1. The summed E-state index contributed by atoms with van der Waals surface area (Å²) in [5.74, 6) is 0.217. The van der Waals surface area contributed by atoms with E-state index in [1.165, 1.54) is 7.11 Å². The maximum absolute atomic E-state index is 12.2. The lowest BCUT2D eigenvalue weighted by molar-refractivity contribution is 0.102. The SMILES string of the molecule is COc1ccc(C(=O)Nc2cc(Cl)ccc2Cl)c(N)c1. The Morgan fingerprint density at radius 2 is 1.95 bits per heavy atom. The molecule has 20 heavy (non-hydrogen) atoms. The first-order valence-corrected chi connectivity index (χ1v) is 6.47. The molecule has 0 aliphatic carbocycles. The summed E-state index contributed by atoms with van der Waals surface area (Å²) in [7, 11) is 1.53. The minimum absolute atomic E-state index is 0.319. The van der Waals surface area contributed by atoms with Crippen molar-refractivity contribution in [2.24, 2.45) is 0 Å². The molecule has 0 aromatic heterocycles. The fourth-order valence-electron chi connectivity index (χ4n) is 1.66. The van der Waals surface area contributed by atoms with E-state index in [4.69, 9.17) is 33.7 Å². The van der Waals surface area contributed by atoms with Crippen molar-refractivity contribution in [1.29, 1.82) is 0 Å². The van der Waals surface area contributed by atoms with Gasteiger partial charge < -0.3 is 15.8 Å². The highest BCUT2D eigenvalue weighted by Gasteiger charge is 2.12. The molecular formula is C14H12Cl2N2O2. The van der Waals surface area contributed by atoms with Crippen LogP contribution in [0.5, 0.6) is 5.75 Å². The normalized spacial score (nSPS) is 10.2. The molecule has 0 radical (unpaired) electrons. The van der Waals surface area contributed by atoms with E-state index in [1.807, 2.05) is 0 Å². The van der Waals surface area contributed by atoms with Gasteiger partial charge in [-0.05, 0) is 30.3 Å². The zero-order chi connectivity index (χ0) is 14.7. The van der Waals surface area contributed by atoms with Crippen molar-refractivity contribution < 1.29 is 9.53 Å². The third kappa shape index (κ3) is 3.15. The lowest BCUT2D eigenvalue weighted by Crippen LogP contribution is -2.14. The molecule has 0 unspecified atom stereocenters. The highest BCUT2D eigenvalue weighted by molar-refractivity contribution is 6.36. The molecule has 0 saturated heterocycles. The fraction of sp³-hybridized carbons (Fsp3) is 0.0714. The first-order valence-electron chi connectivity index (χ1n) is 5.71. The molecule has 0 saturated carbocycles. The van der Waals surface area contributed by atoms with Gasteiger partial charge in [-0.1, -0.05) is 23.2 Å². The van der Waals surface area contributed by atoms with Crippen LogP contribution in [0.25, 0.3) is 0 Å². The van der Waals surface area contributed by atoms with Gasteiger partial charge in [0, 0.05) is 16.8 Å². The monoisotopic (exact) mass is 310 g/mol. The predicted molar refractivity (Wildman–Crippen MR) is 81.8 cm³/mol. The molecule has 0 heterocycles. The van der Waals surface area contributed by atoms with E-state index in [2.05, 4.69) is 5.32 Å². The van der Waals surface area contributed by atoms with E-state index in [0.29, 0.717) is 32.7 Å². The molecule has 1 amide bonds. The molecule has 0 bridgehead atoms. The van der Waals surface area contributed by atoms with E-state index < -0.39 is 0 Å². The average Bonchev–Trinajstić information content (AvgIpc) is 2.42. The first-order chi connectivity index (χ1) is 9.51. The van der Waals surface area contributed by atoms with Crippen LogP contribution in [0.15, 0.2) is 36.4 Å². The van der Waals surface area contributed by atoms with Crippen molar-refractivity contribution >= 4 is 40.5 Å². The van der Waals surface area contributed by atoms with Crippen LogP contribution < -0.4 is 15.8 Å². The van der Waals surface area contributed by atoms with Crippen LogP contribution in [0.2, 0.25) is 10.0 Å². The second-order valence-electron chi connectivity index (χ2n) is 4.03. The third-order valence-corrected chi connectivity index (χ3v) is 3.24. The van der Waals surface area contributed by atoms with Crippen molar-refractivity contribution in [2.45, 2.75) is 0 Å². The second-order valence-corrected chi connectivity index (χ2v) is 4.88. The number of nitrogens with two attached hydrogens (primary N) is 1. The number of benzene rings is 2. The number of hydrogen-bond donors (Lipinski definition) is 2. The molecule has 0 fully saturated rings. The molecule has 3 N–H and O–H groups in total. The molecular weight excluding hydrogens is 299 g/mol. The average molecular weight is 311 g/mol. The molecule has 0 aliphatic heterocycles. The topological polar surface area (TPSA) is 64.3 Å². The van der Waals surface area contributed by atoms with E-state index in [1.54, 1.807) is 36.4 Å². The van der Waals surface area contributed by atoms with Gasteiger partial charge in [0.25, 0.3) is 5.91 Å². The molecule has 4 nitrogen and oxygen atoms in total. The number of carbonyl (C=O) groups excluding carboxylic acids is 1. The highest BCUT2D eigenvalue weighted by Crippen LogP contribution is 2.27. The Hall–Kier alpha value is -1.91. The lowest BCUT2D eigenvalue weighted by Gasteiger charge is -2.10. The van der Waals surface area contributed by atoms with Crippen molar-refractivity contribution in [3.05, 3.63) is 52.0 Å². The molecule has 0 aliphatic rings. The van der Waals surface area contributed by atoms with Crippen LogP contribution in [0, 0.1) is 0 Å². The number of rotatable bonds is 3. The number of anilines is 2. The van der Waals surface area contributed by atoms with Crippen LogP contribution in [0.4, 0.5) is 11.4 Å². The Morgan fingerprint density at radius 3 is 2.60 bits per heavy atom. The second kappa shape index (κ2) is 6.03. The van der Waals surface area contributed by atoms with Gasteiger partial charge in [-0.25, -0.2) is 0 Å². The summed E-state index contributed by atoms with van der Waals surface area (Å²) >= 11 is 11.9. The molecule has 2 aromatic carbocycles. The minimum Gasteiger partial charge on any atom is -0.497 e.